The number of halogens is 1. The Morgan fingerprint density at radius 3 is 2.95 bits per heavy atom. The van der Waals surface area contributed by atoms with Crippen LogP contribution >= 0.6 is 0 Å². The maximum absolute atomic E-state index is 13.3. The van der Waals surface area contributed by atoms with Gasteiger partial charge in [-0.3, -0.25) is 4.79 Å². The topological polar surface area (TPSA) is 77.2 Å². The first-order valence-electron chi connectivity index (χ1n) is 5.93. The second-order valence-electron chi connectivity index (χ2n) is 4.06. The van der Waals surface area contributed by atoms with Gasteiger partial charge in [0.1, 0.15) is 5.82 Å². The second-order valence-corrected chi connectivity index (χ2v) is 4.06. The Morgan fingerprint density at radius 1 is 1.40 bits per heavy atom. The summed E-state index contributed by atoms with van der Waals surface area (Å²) in [6, 6.07) is 7.62. The molecule has 2 aromatic rings. The van der Waals surface area contributed by atoms with E-state index in [9.17, 15) is 9.18 Å². The van der Waals surface area contributed by atoms with Crippen LogP contribution < -0.4 is 15.8 Å². The first-order chi connectivity index (χ1) is 9.63. The number of anilines is 1. The number of amides is 1. The molecule has 0 radical (unpaired) electrons. The van der Waals surface area contributed by atoms with Crippen molar-refractivity contribution in [2.75, 3.05) is 12.8 Å². The van der Waals surface area contributed by atoms with Gasteiger partial charge in [0.05, 0.1) is 18.4 Å². The van der Waals surface area contributed by atoms with Crippen LogP contribution in [0.1, 0.15) is 15.9 Å². The van der Waals surface area contributed by atoms with E-state index in [0.717, 1.165) is 5.56 Å². The maximum Gasteiger partial charge on any atom is 0.253 e. The second kappa shape index (κ2) is 6.01. The van der Waals surface area contributed by atoms with Gasteiger partial charge in [0.15, 0.2) is 0 Å². The predicted molar refractivity (Wildman–Crippen MR) is 72.8 cm³/mol. The fourth-order valence-electron chi connectivity index (χ4n) is 1.75. The number of carbonyl (C=O) groups is 1. The number of rotatable bonds is 4. The minimum Gasteiger partial charge on any atom is -0.481 e. The molecule has 0 aliphatic rings. The van der Waals surface area contributed by atoms with Crippen molar-refractivity contribution in [2.24, 2.45) is 0 Å². The van der Waals surface area contributed by atoms with Gasteiger partial charge in [0, 0.05) is 18.3 Å². The molecule has 0 spiro atoms. The molecule has 6 heteroatoms. The van der Waals surface area contributed by atoms with Gasteiger partial charge in [-0.2, -0.15) is 0 Å². The summed E-state index contributed by atoms with van der Waals surface area (Å²) in [5.74, 6) is -0.635. The van der Waals surface area contributed by atoms with Crippen molar-refractivity contribution in [2.45, 2.75) is 6.54 Å². The van der Waals surface area contributed by atoms with E-state index < -0.39 is 11.7 Å². The monoisotopic (exact) mass is 275 g/mol. The third-order valence-corrected chi connectivity index (χ3v) is 2.78. The van der Waals surface area contributed by atoms with Crippen LogP contribution in [0.2, 0.25) is 0 Å². The molecule has 104 valence electrons. The number of aromatic nitrogens is 1. The van der Waals surface area contributed by atoms with Gasteiger partial charge < -0.3 is 15.8 Å². The Kier molecular flexibility index (Phi) is 4.14. The van der Waals surface area contributed by atoms with Crippen LogP contribution in [0.3, 0.4) is 0 Å². The Morgan fingerprint density at radius 2 is 2.20 bits per heavy atom. The predicted octanol–water partition coefficient (Wildman–Crippen LogP) is 1.74. The summed E-state index contributed by atoms with van der Waals surface area (Å²) in [6.07, 6.45) is 1.59. The number of carbonyl (C=O) groups excluding carboxylic acids is 1. The van der Waals surface area contributed by atoms with Gasteiger partial charge >= 0.3 is 0 Å². The van der Waals surface area contributed by atoms with Crippen molar-refractivity contribution in [3.05, 3.63) is 53.5 Å². The van der Waals surface area contributed by atoms with E-state index in [0.29, 0.717) is 5.88 Å². The Bertz CT molecular complexity index is 632. The number of pyridine rings is 1. The van der Waals surface area contributed by atoms with Gasteiger partial charge in [0.25, 0.3) is 5.91 Å². The molecule has 0 aliphatic heterocycles. The Labute approximate surface area is 115 Å². The standard InChI is InChI=1S/C14H14FN3O2/c1-20-14-9(4-3-7-17-14)8-18-13(19)10-5-2-6-11(15)12(10)16/h2-7H,8,16H2,1H3,(H,18,19). The summed E-state index contributed by atoms with van der Waals surface area (Å²) < 4.78 is 18.4. The molecule has 1 heterocycles. The number of nitrogens with two attached hydrogens (primary N) is 1. The molecular formula is C14H14FN3O2. The highest BCUT2D eigenvalue weighted by Gasteiger charge is 2.13. The molecule has 0 bridgehead atoms. The van der Waals surface area contributed by atoms with E-state index in [4.69, 9.17) is 10.5 Å². The number of methoxy groups -OCH3 is 1. The van der Waals surface area contributed by atoms with Gasteiger partial charge in [0.2, 0.25) is 5.88 Å². The summed E-state index contributed by atoms with van der Waals surface area (Å²) in [5.41, 5.74) is 6.20. The zero-order chi connectivity index (χ0) is 14.5. The van der Waals surface area contributed by atoms with Crippen LogP contribution in [-0.4, -0.2) is 18.0 Å². The molecule has 0 unspecified atom stereocenters. The molecular weight excluding hydrogens is 261 g/mol. The van der Waals surface area contributed by atoms with Crippen LogP contribution in [0.5, 0.6) is 5.88 Å². The number of nitrogens with one attached hydrogen (secondary N) is 1. The number of hydrogen-bond acceptors (Lipinski definition) is 4. The van der Waals surface area contributed by atoms with Gasteiger partial charge in [-0.1, -0.05) is 12.1 Å². The van der Waals surface area contributed by atoms with E-state index in [1.165, 1.54) is 25.3 Å². The van der Waals surface area contributed by atoms with Crippen molar-refractivity contribution in [3.63, 3.8) is 0 Å². The molecule has 3 N–H and O–H groups in total. The van der Waals surface area contributed by atoms with E-state index >= 15 is 0 Å². The zero-order valence-electron chi connectivity index (χ0n) is 10.9. The van der Waals surface area contributed by atoms with Gasteiger partial charge in [-0.25, -0.2) is 9.37 Å². The van der Waals surface area contributed by atoms with Crippen LogP contribution in [0.25, 0.3) is 0 Å². The van der Waals surface area contributed by atoms with Crippen LogP contribution in [0, 0.1) is 5.82 Å². The van der Waals surface area contributed by atoms with E-state index in [1.54, 1.807) is 18.3 Å². The first kappa shape index (κ1) is 13.8. The lowest BCUT2D eigenvalue weighted by Gasteiger charge is -2.10. The van der Waals surface area contributed by atoms with E-state index in [1.807, 2.05) is 0 Å². The average Bonchev–Trinajstić information content (AvgIpc) is 2.48. The van der Waals surface area contributed by atoms with Crippen LogP contribution in [-0.2, 0) is 6.54 Å². The molecule has 0 fully saturated rings. The minimum absolute atomic E-state index is 0.104. The summed E-state index contributed by atoms with van der Waals surface area (Å²) >= 11 is 0. The van der Waals surface area contributed by atoms with E-state index in [-0.39, 0.29) is 17.8 Å². The highest BCUT2D eigenvalue weighted by Crippen LogP contribution is 2.17. The highest BCUT2D eigenvalue weighted by molar-refractivity contribution is 5.99. The molecule has 0 atom stereocenters. The first-order valence-corrected chi connectivity index (χ1v) is 5.93. The third-order valence-electron chi connectivity index (χ3n) is 2.78. The van der Waals surface area contributed by atoms with Crippen LogP contribution in [0.4, 0.5) is 10.1 Å². The fraction of sp³-hybridized carbons (Fsp3) is 0.143. The molecule has 0 saturated carbocycles. The lowest BCUT2D eigenvalue weighted by Crippen LogP contribution is -2.24. The fourth-order valence-corrected chi connectivity index (χ4v) is 1.75. The normalized spacial score (nSPS) is 10.1. The lowest BCUT2D eigenvalue weighted by molar-refractivity contribution is 0.0951. The summed E-state index contributed by atoms with van der Waals surface area (Å²) in [5, 5.41) is 2.65. The van der Waals surface area contributed by atoms with Crippen molar-refractivity contribution in [1.29, 1.82) is 0 Å². The number of nitrogens with zero attached hydrogens (tertiary/aromatic N) is 1. The highest BCUT2D eigenvalue weighted by atomic mass is 19.1. The average molecular weight is 275 g/mol. The van der Waals surface area contributed by atoms with Crippen molar-refractivity contribution < 1.29 is 13.9 Å². The molecule has 0 saturated heterocycles. The Hall–Kier alpha value is -2.63. The van der Waals surface area contributed by atoms with Gasteiger partial charge in [-0.05, 0) is 18.2 Å². The summed E-state index contributed by atoms with van der Waals surface area (Å²) in [7, 11) is 1.50. The summed E-state index contributed by atoms with van der Waals surface area (Å²) in [4.78, 5) is 16.0. The molecule has 0 aliphatic carbocycles. The molecule has 1 amide bonds. The summed E-state index contributed by atoms with van der Waals surface area (Å²) in [6.45, 7) is 0.214. The number of nitrogen functional groups attached to an aromatic ring is 1. The van der Waals surface area contributed by atoms with Crippen LogP contribution in [0.15, 0.2) is 36.5 Å². The molecule has 1 aromatic heterocycles. The van der Waals surface area contributed by atoms with Crippen molar-refractivity contribution in [1.82, 2.24) is 10.3 Å². The molecule has 5 nitrogen and oxygen atoms in total. The maximum atomic E-state index is 13.3. The lowest BCUT2D eigenvalue weighted by atomic mass is 10.1. The number of hydrogen-bond donors (Lipinski definition) is 2. The van der Waals surface area contributed by atoms with Crippen molar-refractivity contribution >= 4 is 11.6 Å². The largest absolute Gasteiger partial charge is 0.481 e. The molecule has 20 heavy (non-hydrogen) atoms. The Balaban J connectivity index is 2.11. The van der Waals surface area contributed by atoms with Crippen molar-refractivity contribution in [3.8, 4) is 5.88 Å². The number of ether oxygens (including phenoxy) is 1. The number of benzene rings is 1. The molecule has 2 rings (SSSR count). The smallest absolute Gasteiger partial charge is 0.253 e. The van der Waals surface area contributed by atoms with Gasteiger partial charge in [-0.15, -0.1) is 0 Å². The zero-order valence-corrected chi connectivity index (χ0v) is 10.9. The SMILES string of the molecule is COc1ncccc1CNC(=O)c1cccc(F)c1N. The third kappa shape index (κ3) is 2.85. The quantitative estimate of drug-likeness (QED) is 0.833. The number of para-hydroxylation sites is 1. The minimum atomic E-state index is -0.614. The molecule has 1 aromatic carbocycles. The van der Waals surface area contributed by atoms with E-state index in [2.05, 4.69) is 10.3 Å².